The van der Waals surface area contributed by atoms with Gasteiger partial charge in [0.05, 0.1) is 16.8 Å². The van der Waals surface area contributed by atoms with Crippen molar-refractivity contribution in [3.63, 3.8) is 0 Å². The summed E-state index contributed by atoms with van der Waals surface area (Å²) in [5, 5.41) is 4.46. The maximum absolute atomic E-state index is 5.85. The van der Waals surface area contributed by atoms with Gasteiger partial charge in [0.25, 0.3) is 0 Å². The number of hydrogen-bond acceptors (Lipinski definition) is 3. The summed E-state index contributed by atoms with van der Waals surface area (Å²) < 4.78 is 0. The minimum absolute atomic E-state index is 0.337. The second-order valence-corrected chi connectivity index (χ2v) is 5.31. The molecule has 4 heteroatoms. The first-order valence-corrected chi connectivity index (χ1v) is 7.08. The summed E-state index contributed by atoms with van der Waals surface area (Å²) in [6.07, 6.45) is 1.73. The Kier molecular flexibility index (Phi) is 3.54. The molecule has 0 radical (unpaired) electrons. The van der Waals surface area contributed by atoms with Crippen molar-refractivity contribution in [2.75, 3.05) is 5.32 Å². The molecule has 104 valence electrons. The minimum atomic E-state index is 0.337. The Balaban J connectivity index is 2.21. The lowest BCUT2D eigenvalue weighted by Gasteiger charge is -2.15. The molecule has 1 heterocycles. The molecule has 0 aliphatic heterocycles. The third-order valence-electron chi connectivity index (χ3n) is 3.45. The van der Waals surface area contributed by atoms with Gasteiger partial charge >= 0.3 is 0 Å². The summed E-state index contributed by atoms with van der Waals surface area (Å²) in [6.45, 7) is 2.06. The zero-order valence-corrected chi connectivity index (χ0v) is 12.4. The highest BCUT2D eigenvalue weighted by Gasteiger charge is 2.11. The molecule has 3 nitrogen and oxygen atoms in total. The number of thiocarbonyl (C=S) groups is 1. The zero-order chi connectivity index (χ0) is 14.8. The number of nitrogens with zero attached hydrogens (tertiary/aromatic N) is 1. The van der Waals surface area contributed by atoms with Crippen molar-refractivity contribution < 1.29 is 0 Å². The van der Waals surface area contributed by atoms with Gasteiger partial charge in [-0.2, -0.15) is 0 Å². The van der Waals surface area contributed by atoms with Crippen LogP contribution in [0.15, 0.2) is 54.7 Å². The van der Waals surface area contributed by atoms with E-state index < -0.39 is 0 Å². The number of nitrogens with one attached hydrogen (secondary N) is 1. The van der Waals surface area contributed by atoms with Crippen molar-refractivity contribution in [1.29, 1.82) is 0 Å². The van der Waals surface area contributed by atoms with E-state index in [1.165, 1.54) is 0 Å². The third-order valence-corrected chi connectivity index (χ3v) is 3.67. The lowest BCUT2D eigenvalue weighted by molar-refractivity contribution is 1.37. The monoisotopic (exact) mass is 293 g/mol. The fraction of sp³-hybridized carbons (Fsp3) is 0.0588. The number of rotatable bonds is 3. The van der Waals surface area contributed by atoms with Crippen LogP contribution in [0.1, 0.15) is 11.1 Å². The van der Waals surface area contributed by atoms with Crippen molar-refractivity contribution in [3.05, 3.63) is 65.9 Å². The number of nitrogens with two attached hydrogens (primary N) is 1. The van der Waals surface area contributed by atoms with Gasteiger partial charge in [-0.05, 0) is 24.6 Å². The van der Waals surface area contributed by atoms with Gasteiger partial charge < -0.3 is 11.1 Å². The Morgan fingerprint density at radius 2 is 1.81 bits per heavy atom. The smallest absolute Gasteiger partial charge is 0.107 e. The molecule has 0 atom stereocenters. The fourth-order valence-corrected chi connectivity index (χ4v) is 2.47. The molecule has 0 amide bonds. The highest BCUT2D eigenvalue weighted by atomic mass is 32.1. The molecule has 1 aromatic heterocycles. The molecule has 21 heavy (non-hydrogen) atoms. The first-order valence-electron chi connectivity index (χ1n) is 6.67. The quantitative estimate of drug-likeness (QED) is 0.719. The topological polar surface area (TPSA) is 50.9 Å². The van der Waals surface area contributed by atoms with Crippen LogP contribution in [0.2, 0.25) is 0 Å². The van der Waals surface area contributed by atoms with Gasteiger partial charge in [-0.3, -0.25) is 4.98 Å². The van der Waals surface area contributed by atoms with E-state index in [1.54, 1.807) is 6.20 Å². The van der Waals surface area contributed by atoms with Gasteiger partial charge in [0, 0.05) is 17.3 Å². The van der Waals surface area contributed by atoms with E-state index in [2.05, 4.69) is 23.3 Å². The van der Waals surface area contributed by atoms with Gasteiger partial charge in [0.2, 0.25) is 0 Å². The van der Waals surface area contributed by atoms with Crippen LogP contribution in [0.3, 0.4) is 0 Å². The predicted molar refractivity (Wildman–Crippen MR) is 92.1 cm³/mol. The van der Waals surface area contributed by atoms with Gasteiger partial charge in [-0.1, -0.05) is 48.6 Å². The van der Waals surface area contributed by atoms with Gasteiger partial charge in [-0.25, -0.2) is 0 Å². The van der Waals surface area contributed by atoms with E-state index in [0.29, 0.717) is 4.99 Å². The summed E-state index contributed by atoms with van der Waals surface area (Å²) in [6, 6.07) is 16.1. The lowest BCUT2D eigenvalue weighted by atomic mass is 10.1. The molecule has 3 N–H and O–H groups in total. The van der Waals surface area contributed by atoms with E-state index in [9.17, 15) is 0 Å². The molecular formula is C17H15N3S. The summed E-state index contributed by atoms with van der Waals surface area (Å²) in [5.41, 5.74) is 10.6. The number of hydrogen-bond donors (Lipinski definition) is 2. The summed E-state index contributed by atoms with van der Waals surface area (Å²) in [5.74, 6) is 0. The first kappa shape index (κ1) is 13.5. The van der Waals surface area contributed by atoms with Crippen LogP contribution < -0.4 is 11.1 Å². The average molecular weight is 293 g/mol. The van der Waals surface area contributed by atoms with Crippen LogP contribution >= 0.6 is 12.2 Å². The number of pyridine rings is 1. The molecule has 0 fully saturated rings. The molecular weight excluding hydrogens is 278 g/mol. The van der Waals surface area contributed by atoms with Crippen LogP contribution in [0.4, 0.5) is 11.4 Å². The van der Waals surface area contributed by atoms with Crippen LogP contribution in [0.25, 0.3) is 10.9 Å². The van der Waals surface area contributed by atoms with Crippen LogP contribution in [0, 0.1) is 6.92 Å². The molecule has 0 aliphatic carbocycles. The summed E-state index contributed by atoms with van der Waals surface area (Å²) in [4.78, 5) is 4.76. The van der Waals surface area contributed by atoms with Crippen molar-refractivity contribution in [3.8, 4) is 0 Å². The predicted octanol–water partition coefficient (Wildman–Crippen LogP) is 3.92. The second kappa shape index (κ2) is 5.50. The van der Waals surface area contributed by atoms with E-state index in [1.807, 2.05) is 42.5 Å². The van der Waals surface area contributed by atoms with E-state index in [4.69, 9.17) is 18.0 Å². The highest BCUT2D eigenvalue weighted by Crippen LogP contribution is 2.30. The average Bonchev–Trinajstić information content (AvgIpc) is 2.49. The number of benzene rings is 2. The summed E-state index contributed by atoms with van der Waals surface area (Å²) in [7, 11) is 0. The first-order chi connectivity index (χ1) is 10.2. The number of anilines is 2. The molecule has 3 aromatic rings. The van der Waals surface area contributed by atoms with Gasteiger partial charge in [0.1, 0.15) is 4.99 Å². The van der Waals surface area contributed by atoms with E-state index >= 15 is 0 Å². The Hall–Kier alpha value is -2.46. The molecule has 0 unspecified atom stereocenters. The fourth-order valence-electron chi connectivity index (χ4n) is 2.31. The lowest BCUT2D eigenvalue weighted by Crippen LogP contribution is -2.13. The maximum atomic E-state index is 5.85. The van der Waals surface area contributed by atoms with Crippen LogP contribution in [-0.2, 0) is 0 Å². The SMILES string of the molecule is Cc1ccccc1Nc1c(C(N)=S)cnc2ccccc12. The molecule has 0 saturated carbocycles. The number of para-hydroxylation sites is 2. The largest absolute Gasteiger partial charge is 0.389 e. The van der Waals surface area contributed by atoms with Gasteiger partial charge in [-0.15, -0.1) is 0 Å². The number of aryl methyl sites for hydroxylation is 1. The normalized spacial score (nSPS) is 10.5. The molecule has 0 aliphatic rings. The van der Waals surface area contributed by atoms with Crippen molar-refractivity contribution in [2.45, 2.75) is 6.92 Å². The Morgan fingerprint density at radius 3 is 2.57 bits per heavy atom. The second-order valence-electron chi connectivity index (χ2n) is 4.87. The minimum Gasteiger partial charge on any atom is -0.389 e. The van der Waals surface area contributed by atoms with E-state index in [0.717, 1.165) is 33.4 Å². The Labute approximate surface area is 128 Å². The highest BCUT2D eigenvalue weighted by molar-refractivity contribution is 7.80. The zero-order valence-electron chi connectivity index (χ0n) is 11.6. The maximum Gasteiger partial charge on any atom is 0.107 e. The van der Waals surface area contributed by atoms with Crippen molar-refractivity contribution in [1.82, 2.24) is 4.98 Å². The Morgan fingerprint density at radius 1 is 1.10 bits per heavy atom. The summed E-state index contributed by atoms with van der Waals surface area (Å²) >= 11 is 5.16. The van der Waals surface area contributed by atoms with Crippen LogP contribution in [0.5, 0.6) is 0 Å². The standard InChI is InChI=1S/C17H15N3S/c1-11-6-2-4-8-14(11)20-16-12-7-3-5-9-15(12)19-10-13(16)17(18)21/h2-10H,1H3,(H2,18,21)(H,19,20). The molecule has 0 bridgehead atoms. The molecule has 2 aromatic carbocycles. The molecule has 0 spiro atoms. The van der Waals surface area contributed by atoms with E-state index in [-0.39, 0.29) is 0 Å². The van der Waals surface area contributed by atoms with Crippen molar-refractivity contribution >= 4 is 39.5 Å². The molecule has 0 saturated heterocycles. The van der Waals surface area contributed by atoms with Crippen molar-refractivity contribution in [2.24, 2.45) is 5.73 Å². The number of aromatic nitrogens is 1. The Bertz CT molecular complexity index is 827. The number of fused-ring (bicyclic) bond motifs is 1. The van der Waals surface area contributed by atoms with Crippen LogP contribution in [-0.4, -0.2) is 9.97 Å². The van der Waals surface area contributed by atoms with Gasteiger partial charge in [0.15, 0.2) is 0 Å². The third kappa shape index (κ3) is 2.58. The molecule has 3 rings (SSSR count).